The highest BCUT2D eigenvalue weighted by atomic mass is 19.1. The second kappa shape index (κ2) is 6.78. The standard InChI is InChI=1S/C12H16F2N6/c1-2-15-11-9(13)8-10(14)12(18-11)16-4-3-6-20-7-5-17-19-20/h5,7-8H,2-4,6H2,1H3,(H2,15,16,18). The smallest absolute Gasteiger partial charge is 0.168 e. The number of aryl methyl sites for hydroxylation is 1. The van der Waals surface area contributed by atoms with Crippen LogP contribution < -0.4 is 10.6 Å². The molecule has 20 heavy (non-hydrogen) atoms. The highest BCUT2D eigenvalue weighted by Gasteiger charge is 2.10. The van der Waals surface area contributed by atoms with Crippen molar-refractivity contribution < 1.29 is 8.78 Å². The molecule has 0 aliphatic rings. The van der Waals surface area contributed by atoms with Crippen LogP contribution in [0.5, 0.6) is 0 Å². The minimum atomic E-state index is -0.704. The van der Waals surface area contributed by atoms with E-state index in [-0.39, 0.29) is 11.6 Å². The summed E-state index contributed by atoms with van der Waals surface area (Å²) < 4.78 is 28.6. The van der Waals surface area contributed by atoms with E-state index < -0.39 is 11.6 Å². The largest absolute Gasteiger partial charge is 0.368 e. The van der Waals surface area contributed by atoms with Crippen LogP contribution in [0.25, 0.3) is 0 Å². The summed E-state index contributed by atoms with van der Waals surface area (Å²) in [7, 11) is 0. The molecule has 0 aliphatic carbocycles. The molecule has 0 unspecified atom stereocenters. The van der Waals surface area contributed by atoms with Crippen molar-refractivity contribution in [3.63, 3.8) is 0 Å². The Morgan fingerprint density at radius 2 is 1.95 bits per heavy atom. The number of hydrogen-bond donors (Lipinski definition) is 2. The fourth-order valence-corrected chi connectivity index (χ4v) is 1.68. The van der Waals surface area contributed by atoms with Gasteiger partial charge in [0, 0.05) is 31.9 Å². The second-order valence-electron chi connectivity index (χ2n) is 4.13. The van der Waals surface area contributed by atoms with Crippen molar-refractivity contribution in [1.82, 2.24) is 20.0 Å². The molecule has 0 aromatic carbocycles. The van der Waals surface area contributed by atoms with E-state index >= 15 is 0 Å². The Morgan fingerprint density at radius 1 is 1.20 bits per heavy atom. The van der Waals surface area contributed by atoms with Crippen molar-refractivity contribution in [3.05, 3.63) is 30.1 Å². The molecule has 2 aromatic heterocycles. The fraction of sp³-hybridized carbons (Fsp3) is 0.417. The Kier molecular flexibility index (Phi) is 4.80. The summed E-state index contributed by atoms with van der Waals surface area (Å²) in [5, 5.41) is 13.1. The van der Waals surface area contributed by atoms with E-state index in [1.807, 2.05) is 6.92 Å². The lowest BCUT2D eigenvalue weighted by Gasteiger charge is -2.10. The second-order valence-corrected chi connectivity index (χ2v) is 4.13. The molecule has 0 amide bonds. The van der Waals surface area contributed by atoms with Crippen molar-refractivity contribution in [2.24, 2.45) is 0 Å². The summed E-state index contributed by atoms with van der Waals surface area (Å²) in [5.74, 6) is -1.31. The fourth-order valence-electron chi connectivity index (χ4n) is 1.68. The monoisotopic (exact) mass is 282 g/mol. The molecular weight excluding hydrogens is 266 g/mol. The molecule has 108 valence electrons. The van der Waals surface area contributed by atoms with Gasteiger partial charge in [-0.2, -0.15) is 0 Å². The third kappa shape index (κ3) is 3.62. The minimum Gasteiger partial charge on any atom is -0.368 e. The van der Waals surface area contributed by atoms with Crippen LogP contribution in [0, 0.1) is 11.6 Å². The van der Waals surface area contributed by atoms with Crippen molar-refractivity contribution in [1.29, 1.82) is 0 Å². The van der Waals surface area contributed by atoms with Gasteiger partial charge in [-0.25, -0.2) is 13.8 Å². The van der Waals surface area contributed by atoms with Crippen LogP contribution >= 0.6 is 0 Å². The molecule has 2 aromatic rings. The molecule has 0 spiro atoms. The molecule has 6 nitrogen and oxygen atoms in total. The van der Waals surface area contributed by atoms with Gasteiger partial charge in [0.2, 0.25) is 0 Å². The molecule has 0 aliphatic heterocycles. The summed E-state index contributed by atoms with van der Waals surface area (Å²) >= 11 is 0. The van der Waals surface area contributed by atoms with Gasteiger partial charge in [0.25, 0.3) is 0 Å². The molecule has 0 atom stereocenters. The van der Waals surface area contributed by atoms with E-state index in [4.69, 9.17) is 0 Å². The third-order valence-corrected chi connectivity index (χ3v) is 2.60. The zero-order chi connectivity index (χ0) is 14.4. The number of aromatic nitrogens is 4. The lowest BCUT2D eigenvalue weighted by molar-refractivity contribution is 0.563. The maximum absolute atomic E-state index is 13.6. The van der Waals surface area contributed by atoms with Gasteiger partial charge in [0.05, 0.1) is 6.20 Å². The Labute approximate surface area is 115 Å². The first kappa shape index (κ1) is 14.2. The van der Waals surface area contributed by atoms with Gasteiger partial charge in [-0.05, 0) is 13.3 Å². The Balaban J connectivity index is 1.89. The van der Waals surface area contributed by atoms with Crippen LogP contribution in [0.4, 0.5) is 20.4 Å². The van der Waals surface area contributed by atoms with Crippen LogP contribution in [-0.2, 0) is 6.54 Å². The van der Waals surface area contributed by atoms with Gasteiger partial charge in [-0.3, -0.25) is 4.68 Å². The summed E-state index contributed by atoms with van der Waals surface area (Å²) in [5.41, 5.74) is 0. The van der Waals surface area contributed by atoms with Crippen LogP contribution in [0.3, 0.4) is 0 Å². The lowest BCUT2D eigenvalue weighted by Crippen LogP contribution is -2.11. The third-order valence-electron chi connectivity index (χ3n) is 2.60. The quantitative estimate of drug-likeness (QED) is 0.759. The summed E-state index contributed by atoms with van der Waals surface area (Å²) in [4.78, 5) is 3.89. The normalized spacial score (nSPS) is 10.6. The van der Waals surface area contributed by atoms with E-state index in [1.165, 1.54) is 0 Å². The van der Waals surface area contributed by atoms with Gasteiger partial charge in [-0.15, -0.1) is 5.10 Å². The Morgan fingerprint density at radius 3 is 2.60 bits per heavy atom. The summed E-state index contributed by atoms with van der Waals surface area (Å²) in [6, 6.07) is 0.824. The van der Waals surface area contributed by atoms with Crippen LogP contribution in [0.1, 0.15) is 13.3 Å². The molecule has 2 N–H and O–H groups in total. The Bertz CT molecular complexity index is 543. The zero-order valence-electron chi connectivity index (χ0n) is 11.1. The van der Waals surface area contributed by atoms with Crippen molar-refractivity contribution in [2.75, 3.05) is 23.7 Å². The highest BCUT2D eigenvalue weighted by molar-refractivity contribution is 5.47. The van der Waals surface area contributed by atoms with Gasteiger partial charge in [0.15, 0.2) is 23.3 Å². The number of rotatable bonds is 7. The zero-order valence-corrected chi connectivity index (χ0v) is 11.1. The number of pyridine rings is 1. The van der Waals surface area contributed by atoms with Gasteiger partial charge >= 0.3 is 0 Å². The van der Waals surface area contributed by atoms with Crippen LogP contribution in [0.2, 0.25) is 0 Å². The molecule has 2 rings (SSSR count). The lowest BCUT2D eigenvalue weighted by atomic mass is 10.3. The molecule has 0 bridgehead atoms. The van der Waals surface area contributed by atoms with Crippen LogP contribution in [0.15, 0.2) is 18.5 Å². The molecule has 8 heteroatoms. The average molecular weight is 282 g/mol. The number of halogens is 2. The van der Waals surface area contributed by atoms with Gasteiger partial charge in [-0.1, -0.05) is 5.21 Å². The predicted octanol–water partition coefficient (Wildman–Crippen LogP) is 1.89. The van der Waals surface area contributed by atoms with Crippen molar-refractivity contribution in [3.8, 4) is 0 Å². The minimum absolute atomic E-state index is 0.0425. The molecule has 0 saturated heterocycles. The topological polar surface area (TPSA) is 67.7 Å². The van der Waals surface area contributed by atoms with Crippen molar-refractivity contribution in [2.45, 2.75) is 19.9 Å². The van der Waals surface area contributed by atoms with E-state index in [0.29, 0.717) is 19.6 Å². The summed E-state index contributed by atoms with van der Waals surface area (Å²) in [6.45, 7) is 3.49. The number of hydrogen-bond acceptors (Lipinski definition) is 5. The SMILES string of the molecule is CCNc1nc(NCCCn2ccnn2)c(F)cc1F. The molecule has 2 heterocycles. The Hall–Kier alpha value is -2.25. The first-order valence-corrected chi connectivity index (χ1v) is 6.38. The number of nitrogens with one attached hydrogen (secondary N) is 2. The molecular formula is C12H16F2N6. The van der Waals surface area contributed by atoms with Gasteiger partial charge < -0.3 is 10.6 Å². The number of nitrogens with zero attached hydrogens (tertiary/aromatic N) is 4. The van der Waals surface area contributed by atoms with E-state index in [0.717, 1.165) is 12.5 Å². The maximum Gasteiger partial charge on any atom is 0.168 e. The van der Waals surface area contributed by atoms with Crippen molar-refractivity contribution >= 4 is 11.6 Å². The molecule has 0 fully saturated rings. The predicted molar refractivity (Wildman–Crippen MR) is 71.4 cm³/mol. The molecule has 0 radical (unpaired) electrons. The number of anilines is 2. The summed E-state index contributed by atoms with van der Waals surface area (Å²) in [6.07, 6.45) is 4.07. The van der Waals surface area contributed by atoms with E-state index in [1.54, 1.807) is 17.1 Å². The first-order chi connectivity index (χ1) is 9.70. The van der Waals surface area contributed by atoms with Crippen LogP contribution in [-0.4, -0.2) is 33.1 Å². The average Bonchev–Trinajstić information content (AvgIpc) is 2.92. The van der Waals surface area contributed by atoms with E-state index in [2.05, 4.69) is 25.9 Å². The maximum atomic E-state index is 13.6. The first-order valence-electron chi connectivity index (χ1n) is 6.38. The van der Waals surface area contributed by atoms with Gasteiger partial charge in [0.1, 0.15) is 0 Å². The molecule has 0 saturated carbocycles. The highest BCUT2D eigenvalue weighted by Crippen LogP contribution is 2.18. The van der Waals surface area contributed by atoms with E-state index in [9.17, 15) is 8.78 Å².